The third kappa shape index (κ3) is 1.85. The minimum absolute atomic E-state index is 0.0611. The van der Waals surface area contributed by atoms with E-state index in [1.54, 1.807) is 5.51 Å². The molecular formula is C8H8N4OS. The second kappa shape index (κ2) is 3.67. The van der Waals surface area contributed by atoms with Crippen molar-refractivity contribution in [3.8, 4) is 11.5 Å². The highest BCUT2D eigenvalue weighted by Gasteiger charge is 2.07. The van der Waals surface area contributed by atoms with Crippen molar-refractivity contribution in [1.82, 2.24) is 20.2 Å². The van der Waals surface area contributed by atoms with Gasteiger partial charge in [-0.15, -0.1) is 21.5 Å². The third-order valence-electron chi connectivity index (χ3n) is 1.62. The molecule has 5 nitrogen and oxygen atoms in total. The van der Waals surface area contributed by atoms with Crippen molar-refractivity contribution in [1.29, 1.82) is 0 Å². The van der Waals surface area contributed by atoms with Crippen LogP contribution in [0.2, 0.25) is 0 Å². The first-order chi connectivity index (χ1) is 6.75. The number of carbonyl (C=O) groups excluding carboxylic acids is 1. The van der Waals surface area contributed by atoms with Crippen LogP contribution >= 0.6 is 11.3 Å². The summed E-state index contributed by atoms with van der Waals surface area (Å²) >= 11 is 1.49. The number of nitrogens with one attached hydrogen (secondary N) is 1. The number of nitrogens with zero attached hydrogens (tertiary/aromatic N) is 3. The fourth-order valence-electron chi connectivity index (χ4n) is 1.06. The number of H-pyrrole nitrogens is 1. The average molecular weight is 208 g/mol. The Morgan fingerprint density at radius 3 is 3.07 bits per heavy atom. The molecule has 0 atom stereocenters. The number of ketones is 1. The van der Waals surface area contributed by atoms with Crippen LogP contribution in [0.4, 0.5) is 0 Å². The van der Waals surface area contributed by atoms with Crippen molar-refractivity contribution in [2.45, 2.75) is 13.3 Å². The van der Waals surface area contributed by atoms with E-state index in [0.717, 1.165) is 5.69 Å². The molecule has 0 aliphatic rings. The van der Waals surface area contributed by atoms with Gasteiger partial charge >= 0.3 is 0 Å². The van der Waals surface area contributed by atoms with Crippen LogP contribution in [-0.4, -0.2) is 25.9 Å². The summed E-state index contributed by atoms with van der Waals surface area (Å²) in [6, 6.07) is 0. The van der Waals surface area contributed by atoms with Crippen LogP contribution in [-0.2, 0) is 11.2 Å². The quantitative estimate of drug-likeness (QED) is 0.818. The van der Waals surface area contributed by atoms with Gasteiger partial charge in [0.2, 0.25) is 0 Å². The van der Waals surface area contributed by atoms with E-state index in [0.29, 0.717) is 11.6 Å². The standard InChI is InChI=1S/C8H8N4OS/c1-5(13)2-7-10-8(12-11-7)6-3-14-4-9-6/h3-4H,2H2,1H3,(H,10,11,12). The van der Waals surface area contributed by atoms with Gasteiger partial charge in [-0.3, -0.25) is 4.79 Å². The van der Waals surface area contributed by atoms with Crippen LogP contribution in [0, 0.1) is 0 Å². The summed E-state index contributed by atoms with van der Waals surface area (Å²) in [4.78, 5) is 17.8. The summed E-state index contributed by atoms with van der Waals surface area (Å²) in [5.74, 6) is 1.26. The van der Waals surface area contributed by atoms with Gasteiger partial charge in [-0.25, -0.2) is 4.98 Å². The van der Waals surface area contributed by atoms with E-state index in [9.17, 15) is 4.79 Å². The van der Waals surface area contributed by atoms with Crippen LogP contribution in [0.1, 0.15) is 12.7 Å². The van der Waals surface area contributed by atoms with E-state index < -0.39 is 0 Å². The molecule has 0 spiro atoms. The summed E-state index contributed by atoms with van der Waals surface area (Å²) in [6.45, 7) is 1.52. The van der Waals surface area contributed by atoms with Gasteiger partial charge in [0.25, 0.3) is 0 Å². The first kappa shape index (κ1) is 9.01. The Hall–Kier alpha value is -1.56. The maximum atomic E-state index is 10.8. The summed E-state index contributed by atoms with van der Waals surface area (Å²) in [6.07, 6.45) is 0.289. The minimum atomic E-state index is 0.0611. The van der Waals surface area contributed by atoms with Gasteiger partial charge in [0.1, 0.15) is 17.3 Å². The Bertz CT molecular complexity index is 434. The lowest BCUT2D eigenvalue weighted by Gasteiger charge is -1.87. The molecule has 0 radical (unpaired) electrons. The second-order valence-corrected chi connectivity index (χ2v) is 3.59. The maximum absolute atomic E-state index is 10.8. The minimum Gasteiger partial charge on any atom is -0.323 e. The Balaban J connectivity index is 2.22. The van der Waals surface area contributed by atoms with Crippen molar-refractivity contribution < 1.29 is 4.79 Å². The average Bonchev–Trinajstić information content (AvgIpc) is 2.69. The van der Waals surface area contributed by atoms with Crippen molar-refractivity contribution in [3.63, 3.8) is 0 Å². The Labute approximate surface area is 84.2 Å². The monoisotopic (exact) mass is 208 g/mol. The summed E-state index contributed by atoms with van der Waals surface area (Å²) < 4.78 is 0. The summed E-state index contributed by atoms with van der Waals surface area (Å²) in [5, 5.41) is 9.62. The number of rotatable bonds is 3. The number of Topliss-reactive ketones (excluding diaryl/α,β-unsaturated/α-hetero) is 1. The molecule has 72 valence electrons. The molecule has 1 N–H and O–H groups in total. The zero-order chi connectivity index (χ0) is 9.97. The Kier molecular flexibility index (Phi) is 2.36. The second-order valence-electron chi connectivity index (χ2n) is 2.87. The summed E-state index contributed by atoms with van der Waals surface area (Å²) in [5.41, 5.74) is 2.49. The van der Waals surface area contributed by atoms with Crippen LogP contribution in [0.25, 0.3) is 11.5 Å². The number of thiazole rings is 1. The van der Waals surface area contributed by atoms with Crippen LogP contribution < -0.4 is 0 Å². The molecule has 6 heteroatoms. The maximum Gasteiger partial charge on any atom is 0.180 e. The molecule has 0 aliphatic heterocycles. The van der Waals surface area contributed by atoms with E-state index in [2.05, 4.69) is 20.2 Å². The molecule has 0 unspecified atom stereocenters. The molecule has 0 amide bonds. The van der Waals surface area contributed by atoms with Gasteiger partial charge < -0.3 is 4.98 Å². The largest absolute Gasteiger partial charge is 0.323 e. The van der Waals surface area contributed by atoms with Crippen molar-refractivity contribution >= 4 is 17.1 Å². The molecule has 0 aromatic carbocycles. The first-order valence-corrected chi connectivity index (χ1v) is 4.99. The predicted octanol–water partition coefficient (Wildman–Crippen LogP) is 1.06. The zero-order valence-electron chi connectivity index (χ0n) is 7.52. The van der Waals surface area contributed by atoms with Crippen molar-refractivity contribution in [2.75, 3.05) is 0 Å². The molecule has 0 saturated heterocycles. The van der Waals surface area contributed by atoms with Crippen molar-refractivity contribution in [2.24, 2.45) is 0 Å². The van der Waals surface area contributed by atoms with E-state index in [1.807, 2.05) is 5.38 Å². The molecule has 14 heavy (non-hydrogen) atoms. The topological polar surface area (TPSA) is 71.5 Å². The van der Waals surface area contributed by atoms with Gasteiger partial charge in [0, 0.05) is 5.38 Å². The van der Waals surface area contributed by atoms with Gasteiger partial charge in [-0.2, -0.15) is 0 Å². The highest BCUT2D eigenvalue weighted by atomic mass is 32.1. The highest BCUT2D eigenvalue weighted by molar-refractivity contribution is 7.07. The highest BCUT2D eigenvalue weighted by Crippen LogP contribution is 2.13. The molecular weight excluding hydrogens is 200 g/mol. The Morgan fingerprint density at radius 1 is 1.57 bits per heavy atom. The first-order valence-electron chi connectivity index (χ1n) is 4.05. The van der Waals surface area contributed by atoms with Gasteiger partial charge in [-0.1, -0.05) is 0 Å². The van der Waals surface area contributed by atoms with E-state index in [1.165, 1.54) is 18.3 Å². The number of aromatic nitrogens is 4. The number of hydrogen-bond acceptors (Lipinski definition) is 5. The van der Waals surface area contributed by atoms with Crippen molar-refractivity contribution in [3.05, 3.63) is 16.7 Å². The molecule has 0 aliphatic carbocycles. The van der Waals surface area contributed by atoms with E-state index in [-0.39, 0.29) is 12.2 Å². The van der Waals surface area contributed by atoms with Crippen LogP contribution in [0.5, 0.6) is 0 Å². The van der Waals surface area contributed by atoms with E-state index in [4.69, 9.17) is 0 Å². The Morgan fingerprint density at radius 2 is 2.43 bits per heavy atom. The van der Waals surface area contributed by atoms with Gasteiger partial charge in [0.15, 0.2) is 5.82 Å². The molecule has 2 aromatic rings. The van der Waals surface area contributed by atoms with Gasteiger partial charge in [0.05, 0.1) is 11.9 Å². The number of carbonyl (C=O) groups is 1. The molecule has 0 bridgehead atoms. The molecule has 2 aromatic heterocycles. The predicted molar refractivity (Wildman–Crippen MR) is 51.9 cm³/mol. The molecule has 2 heterocycles. The fraction of sp³-hybridized carbons (Fsp3) is 0.250. The van der Waals surface area contributed by atoms with Crippen LogP contribution in [0.15, 0.2) is 10.9 Å². The molecule has 0 fully saturated rings. The SMILES string of the molecule is CC(=O)Cc1nnc(-c2cscn2)[nH]1. The van der Waals surface area contributed by atoms with E-state index >= 15 is 0 Å². The number of aromatic amines is 1. The lowest BCUT2D eigenvalue weighted by molar-refractivity contribution is -0.116. The lowest BCUT2D eigenvalue weighted by atomic mass is 10.3. The zero-order valence-corrected chi connectivity index (χ0v) is 8.34. The van der Waals surface area contributed by atoms with Gasteiger partial charge in [-0.05, 0) is 6.92 Å². The lowest BCUT2D eigenvalue weighted by Crippen LogP contribution is -1.98. The summed E-state index contributed by atoms with van der Waals surface area (Å²) in [7, 11) is 0. The third-order valence-corrected chi connectivity index (χ3v) is 2.21. The number of hydrogen-bond donors (Lipinski definition) is 1. The fourth-order valence-corrected chi connectivity index (χ4v) is 1.59. The normalized spacial score (nSPS) is 10.4. The molecule has 0 saturated carbocycles. The molecule has 2 rings (SSSR count). The smallest absolute Gasteiger partial charge is 0.180 e. The van der Waals surface area contributed by atoms with Crippen LogP contribution in [0.3, 0.4) is 0 Å².